The van der Waals surface area contributed by atoms with E-state index in [0.29, 0.717) is 24.4 Å². The summed E-state index contributed by atoms with van der Waals surface area (Å²) in [5.41, 5.74) is 3.01. The number of piperidine rings is 1. The van der Waals surface area contributed by atoms with Crippen molar-refractivity contribution in [3.63, 3.8) is 0 Å². The lowest BCUT2D eigenvalue weighted by Gasteiger charge is -2.33. The lowest BCUT2D eigenvalue weighted by molar-refractivity contribution is -0.140. The van der Waals surface area contributed by atoms with Gasteiger partial charge in [0.05, 0.1) is 6.10 Å². The molecule has 0 spiro atoms. The van der Waals surface area contributed by atoms with E-state index >= 15 is 0 Å². The van der Waals surface area contributed by atoms with Crippen LogP contribution in [0.1, 0.15) is 42.9 Å². The molecule has 4 rings (SSSR count). The zero-order valence-electron chi connectivity index (χ0n) is 16.7. The van der Waals surface area contributed by atoms with E-state index in [9.17, 15) is 9.59 Å². The Morgan fingerprint density at radius 2 is 1.93 bits per heavy atom. The molecule has 0 N–H and O–H groups in total. The number of carbonyl (C=O) groups is 1. The fourth-order valence-electron chi connectivity index (χ4n) is 4.40. The molecule has 1 aliphatic carbocycles. The summed E-state index contributed by atoms with van der Waals surface area (Å²) in [5.74, 6) is 0.561. The SMILES string of the molecule is COC1CCN(C(=O)C(C)Oc2ccc3c4c(c(=O)oc3c2C)CCC4)CC1. The smallest absolute Gasteiger partial charge is 0.339 e. The molecule has 28 heavy (non-hydrogen) atoms. The molecule has 0 saturated carbocycles. The Balaban J connectivity index is 1.55. The van der Waals surface area contributed by atoms with Crippen LogP contribution >= 0.6 is 0 Å². The van der Waals surface area contributed by atoms with Gasteiger partial charge in [-0.15, -0.1) is 0 Å². The minimum Gasteiger partial charge on any atom is -0.480 e. The molecule has 1 saturated heterocycles. The Kier molecular flexibility index (Phi) is 5.15. The maximum atomic E-state index is 12.8. The summed E-state index contributed by atoms with van der Waals surface area (Å²) in [4.78, 5) is 26.9. The molecule has 2 aromatic rings. The van der Waals surface area contributed by atoms with Crippen molar-refractivity contribution in [1.29, 1.82) is 0 Å². The number of carbonyl (C=O) groups excluding carboxylic acids is 1. The highest BCUT2D eigenvalue weighted by Crippen LogP contribution is 2.33. The van der Waals surface area contributed by atoms with E-state index in [0.717, 1.165) is 54.2 Å². The molecule has 6 heteroatoms. The summed E-state index contributed by atoms with van der Waals surface area (Å²) in [5, 5.41) is 0.984. The molecule has 0 bridgehead atoms. The first-order valence-electron chi connectivity index (χ1n) is 10.1. The van der Waals surface area contributed by atoms with Crippen LogP contribution in [-0.4, -0.2) is 43.2 Å². The fraction of sp³-hybridized carbons (Fsp3) is 0.545. The van der Waals surface area contributed by atoms with E-state index in [1.807, 2.05) is 24.0 Å². The van der Waals surface area contributed by atoms with E-state index in [1.165, 1.54) is 0 Å². The predicted molar refractivity (Wildman–Crippen MR) is 106 cm³/mol. The van der Waals surface area contributed by atoms with Crippen LogP contribution in [0.15, 0.2) is 21.3 Å². The minimum atomic E-state index is -0.601. The summed E-state index contributed by atoms with van der Waals surface area (Å²) >= 11 is 0. The van der Waals surface area contributed by atoms with Crippen molar-refractivity contribution >= 4 is 16.9 Å². The van der Waals surface area contributed by atoms with Gasteiger partial charge < -0.3 is 18.8 Å². The van der Waals surface area contributed by atoms with Crippen molar-refractivity contribution in [3.05, 3.63) is 39.2 Å². The van der Waals surface area contributed by atoms with Crippen molar-refractivity contribution < 1.29 is 18.7 Å². The van der Waals surface area contributed by atoms with E-state index in [4.69, 9.17) is 13.9 Å². The van der Waals surface area contributed by atoms with Gasteiger partial charge in [-0.25, -0.2) is 4.79 Å². The van der Waals surface area contributed by atoms with Gasteiger partial charge in [0.1, 0.15) is 11.3 Å². The number of benzene rings is 1. The first-order valence-corrected chi connectivity index (χ1v) is 10.1. The van der Waals surface area contributed by atoms with Crippen LogP contribution in [0.3, 0.4) is 0 Å². The zero-order valence-corrected chi connectivity index (χ0v) is 16.7. The molecule has 1 aromatic carbocycles. The monoisotopic (exact) mass is 385 g/mol. The molecule has 0 radical (unpaired) electrons. The highest BCUT2D eigenvalue weighted by molar-refractivity contribution is 5.86. The molecular weight excluding hydrogens is 358 g/mol. The molecule has 1 atom stereocenters. The van der Waals surface area contributed by atoms with Gasteiger partial charge >= 0.3 is 5.63 Å². The molecule has 1 unspecified atom stereocenters. The highest BCUT2D eigenvalue weighted by atomic mass is 16.5. The first kappa shape index (κ1) is 19.0. The molecule has 1 amide bonds. The summed E-state index contributed by atoms with van der Waals surface area (Å²) in [6.45, 7) is 5.02. The zero-order chi connectivity index (χ0) is 19.8. The maximum absolute atomic E-state index is 12.8. The van der Waals surface area contributed by atoms with Crippen LogP contribution in [0.5, 0.6) is 5.75 Å². The van der Waals surface area contributed by atoms with Crippen LogP contribution in [0.4, 0.5) is 0 Å². The number of amides is 1. The minimum absolute atomic E-state index is 0.0237. The number of methoxy groups -OCH3 is 1. The van der Waals surface area contributed by atoms with Gasteiger partial charge in [0, 0.05) is 36.7 Å². The van der Waals surface area contributed by atoms with Gasteiger partial charge in [0.25, 0.3) is 5.91 Å². The Morgan fingerprint density at radius 3 is 2.64 bits per heavy atom. The number of hydrogen-bond acceptors (Lipinski definition) is 5. The van der Waals surface area contributed by atoms with Crippen molar-refractivity contribution in [1.82, 2.24) is 4.90 Å². The highest BCUT2D eigenvalue weighted by Gasteiger charge is 2.28. The Labute approximate surface area is 164 Å². The molecule has 1 aromatic heterocycles. The Hall–Kier alpha value is -2.34. The van der Waals surface area contributed by atoms with E-state index in [2.05, 4.69) is 0 Å². The quantitative estimate of drug-likeness (QED) is 0.757. The van der Waals surface area contributed by atoms with Crippen molar-refractivity contribution in [2.24, 2.45) is 0 Å². The van der Waals surface area contributed by atoms with Crippen LogP contribution in [-0.2, 0) is 22.4 Å². The van der Waals surface area contributed by atoms with Crippen LogP contribution in [0, 0.1) is 6.92 Å². The van der Waals surface area contributed by atoms with Gasteiger partial charge in [0.2, 0.25) is 0 Å². The molecule has 1 aliphatic heterocycles. The Bertz CT molecular complexity index is 956. The third-order valence-corrected chi connectivity index (χ3v) is 6.08. The second-order valence-corrected chi connectivity index (χ2v) is 7.79. The number of hydrogen-bond donors (Lipinski definition) is 0. The molecule has 6 nitrogen and oxygen atoms in total. The number of fused-ring (bicyclic) bond motifs is 3. The standard InChI is InChI=1S/C22H27NO5/c1-13-19(27-14(2)21(24)23-11-9-15(26-3)10-12-23)8-7-17-16-5-4-6-18(16)22(25)28-20(13)17/h7-8,14-15H,4-6,9-12H2,1-3H3. The molecule has 150 valence electrons. The third-order valence-electron chi connectivity index (χ3n) is 6.08. The summed E-state index contributed by atoms with van der Waals surface area (Å²) < 4.78 is 17.0. The number of aryl methyl sites for hydroxylation is 2. The largest absolute Gasteiger partial charge is 0.480 e. The van der Waals surface area contributed by atoms with Gasteiger partial charge in [-0.05, 0) is 63.6 Å². The Morgan fingerprint density at radius 1 is 1.21 bits per heavy atom. The van der Waals surface area contributed by atoms with Gasteiger partial charge in [-0.3, -0.25) is 4.79 Å². The number of nitrogens with zero attached hydrogens (tertiary/aromatic N) is 1. The summed E-state index contributed by atoms with van der Waals surface area (Å²) in [7, 11) is 1.71. The fourth-order valence-corrected chi connectivity index (χ4v) is 4.40. The van der Waals surface area contributed by atoms with E-state index in [1.54, 1.807) is 14.0 Å². The number of ether oxygens (including phenoxy) is 2. The normalized spacial score (nSPS) is 18.3. The van der Waals surface area contributed by atoms with Crippen LogP contribution in [0.2, 0.25) is 0 Å². The summed E-state index contributed by atoms with van der Waals surface area (Å²) in [6, 6.07) is 3.84. The second kappa shape index (κ2) is 7.59. The number of likely N-dealkylation sites (tertiary alicyclic amines) is 1. The van der Waals surface area contributed by atoms with Crippen molar-refractivity contribution in [2.45, 2.75) is 58.2 Å². The van der Waals surface area contributed by atoms with E-state index < -0.39 is 6.10 Å². The van der Waals surface area contributed by atoms with E-state index in [-0.39, 0.29) is 17.6 Å². The molecule has 2 heterocycles. The molecular formula is C22H27NO5. The van der Waals surface area contributed by atoms with Crippen molar-refractivity contribution in [2.75, 3.05) is 20.2 Å². The van der Waals surface area contributed by atoms with Gasteiger partial charge in [-0.2, -0.15) is 0 Å². The number of rotatable bonds is 4. The van der Waals surface area contributed by atoms with Crippen LogP contribution in [0.25, 0.3) is 11.0 Å². The third kappa shape index (κ3) is 3.30. The maximum Gasteiger partial charge on any atom is 0.339 e. The predicted octanol–water partition coefficient (Wildman–Crippen LogP) is 2.99. The van der Waals surface area contributed by atoms with Crippen molar-refractivity contribution in [3.8, 4) is 5.75 Å². The lowest BCUT2D eigenvalue weighted by Crippen LogP contribution is -2.46. The average Bonchev–Trinajstić information content (AvgIpc) is 3.21. The summed E-state index contributed by atoms with van der Waals surface area (Å²) in [6.07, 6.45) is 4.01. The topological polar surface area (TPSA) is 69.0 Å². The van der Waals surface area contributed by atoms with Crippen LogP contribution < -0.4 is 10.4 Å². The second-order valence-electron chi connectivity index (χ2n) is 7.79. The first-order chi connectivity index (χ1) is 13.5. The average molecular weight is 385 g/mol. The van der Waals surface area contributed by atoms with Gasteiger partial charge in [-0.1, -0.05) is 0 Å². The molecule has 2 aliphatic rings. The lowest BCUT2D eigenvalue weighted by atomic mass is 10.0. The van der Waals surface area contributed by atoms with Gasteiger partial charge in [0.15, 0.2) is 6.10 Å². The molecule has 1 fully saturated rings.